The van der Waals surface area contributed by atoms with E-state index in [0.717, 1.165) is 12.8 Å². The molecule has 122 valence electrons. The first-order valence-corrected chi connectivity index (χ1v) is 7.46. The molecule has 0 aromatic carbocycles. The summed E-state index contributed by atoms with van der Waals surface area (Å²) in [6.07, 6.45) is 1.15. The van der Waals surface area contributed by atoms with Crippen LogP contribution in [0, 0.1) is 6.92 Å². The van der Waals surface area contributed by atoms with Gasteiger partial charge in [0.1, 0.15) is 11.5 Å². The van der Waals surface area contributed by atoms with E-state index >= 15 is 0 Å². The Morgan fingerprint density at radius 2 is 2.18 bits per heavy atom. The molecule has 1 aliphatic rings. The molecule has 1 aliphatic heterocycles. The van der Waals surface area contributed by atoms with Crippen LogP contribution in [0.2, 0.25) is 0 Å². The Balaban J connectivity index is 1.67. The van der Waals surface area contributed by atoms with Gasteiger partial charge in [0.25, 0.3) is 0 Å². The second-order valence-corrected chi connectivity index (χ2v) is 5.22. The normalized spacial score (nSPS) is 15.5. The van der Waals surface area contributed by atoms with E-state index in [9.17, 15) is 9.59 Å². The molecule has 8 nitrogen and oxygen atoms in total. The first kappa shape index (κ1) is 16.1. The molecule has 2 N–H and O–H groups in total. The zero-order chi connectivity index (χ0) is 15.9. The minimum atomic E-state index is -0.285. The minimum absolute atomic E-state index is 0.0599. The second kappa shape index (κ2) is 7.67. The van der Waals surface area contributed by atoms with Crippen molar-refractivity contribution in [2.24, 2.45) is 0 Å². The van der Waals surface area contributed by atoms with Crippen LogP contribution >= 0.6 is 0 Å². The first-order chi connectivity index (χ1) is 10.6. The Hall–Kier alpha value is -2.25. The highest BCUT2D eigenvalue weighted by Gasteiger charge is 2.24. The fraction of sp³-hybridized carbons (Fsp3) is 0.643. The maximum Gasteiger partial charge on any atom is 0.409 e. The van der Waals surface area contributed by atoms with Gasteiger partial charge in [-0.15, -0.1) is 0 Å². The molecule has 0 unspecified atom stereocenters. The molecule has 0 atom stereocenters. The van der Waals surface area contributed by atoms with Gasteiger partial charge in [0, 0.05) is 25.2 Å². The topological polar surface area (TPSA) is 96.7 Å². The summed E-state index contributed by atoms with van der Waals surface area (Å²) in [4.78, 5) is 25.1. The van der Waals surface area contributed by atoms with E-state index in [1.807, 2.05) is 0 Å². The minimum Gasteiger partial charge on any atom is -0.450 e. The Morgan fingerprint density at radius 1 is 1.45 bits per heavy atom. The molecular weight excluding hydrogens is 288 g/mol. The van der Waals surface area contributed by atoms with Gasteiger partial charge in [-0.05, 0) is 26.7 Å². The summed E-state index contributed by atoms with van der Waals surface area (Å²) in [7, 11) is 0. The van der Waals surface area contributed by atoms with Crippen LogP contribution in [0.25, 0.3) is 0 Å². The van der Waals surface area contributed by atoms with Crippen molar-refractivity contribution in [3.05, 3.63) is 17.5 Å². The van der Waals surface area contributed by atoms with E-state index in [2.05, 4.69) is 15.8 Å². The standard InChI is InChI=1S/C14H22N4O4/c1-3-21-14(20)18-6-4-11(5-7-18)16-13(19)15-9-12-8-10(2)22-17-12/h8,11H,3-7,9H2,1-2H3,(H2,15,16,19). The van der Waals surface area contributed by atoms with Crippen LogP contribution in [0.1, 0.15) is 31.2 Å². The summed E-state index contributed by atoms with van der Waals surface area (Å²) >= 11 is 0. The third-order valence-corrected chi connectivity index (χ3v) is 3.46. The average molecular weight is 310 g/mol. The maximum atomic E-state index is 11.8. The molecule has 0 spiro atoms. The molecule has 2 rings (SSSR count). The Kier molecular flexibility index (Phi) is 5.62. The number of carbonyl (C=O) groups excluding carboxylic acids is 2. The van der Waals surface area contributed by atoms with Crippen molar-refractivity contribution in [1.82, 2.24) is 20.7 Å². The summed E-state index contributed by atoms with van der Waals surface area (Å²) < 4.78 is 9.89. The smallest absolute Gasteiger partial charge is 0.409 e. The molecule has 0 bridgehead atoms. The molecule has 0 aliphatic carbocycles. The molecule has 0 saturated carbocycles. The van der Waals surface area contributed by atoms with Gasteiger partial charge >= 0.3 is 12.1 Å². The van der Waals surface area contributed by atoms with E-state index in [1.165, 1.54) is 0 Å². The number of carbonyl (C=O) groups is 2. The fourth-order valence-corrected chi connectivity index (χ4v) is 2.33. The van der Waals surface area contributed by atoms with Gasteiger partial charge < -0.3 is 24.8 Å². The van der Waals surface area contributed by atoms with Gasteiger partial charge in [-0.3, -0.25) is 0 Å². The zero-order valence-corrected chi connectivity index (χ0v) is 12.9. The number of hydrogen-bond acceptors (Lipinski definition) is 5. The summed E-state index contributed by atoms with van der Waals surface area (Å²) in [5.41, 5.74) is 0.685. The van der Waals surface area contributed by atoms with E-state index in [1.54, 1.807) is 24.8 Å². The highest BCUT2D eigenvalue weighted by molar-refractivity contribution is 5.74. The first-order valence-electron chi connectivity index (χ1n) is 7.46. The zero-order valence-electron chi connectivity index (χ0n) is 12.9. The number of hydrogen-bond donors (Lipinski definition) is 2. The molecule has 1 fully saturated rings. The third-order valence-electron chi connectivity index (χ3n) is 3.46. The van der Waals surface area contributed by atoms with Crippen LogP contribution in [0.5, 0.6) is 0 Å². The molecule has 22 heavy (non-hydrogen) atoms. The number of urea groups is 1. The number of aromatic nitrogens is 1. The van der Waals surface area contributed by atoms with Crippen molar-refractivity contribution >= 4 is 12.1 Å². The van der Waals surface area contributed by atoms with E-state index < -0.39 is 0 Å². The maximum absolute atomic E-state index is 11.8. The Bertz CT molecular complexity index is 509. The molecule has 2 heterocycles. The number of nitrogens with one attached hydrogen (secondary N) is 2. The molecule has 8 heteroatoms. The number of amides is 3. The molecule has 3 amide bonds. The third kappa shape index (κ3) is 4.64. The van der Waals surface area contributed by atoms with Gasteiger partial charge in [0.05, 0.1) is 13.2 Å². The number of likely N-dealkylation sites (tertiary alicyclic amines) is 1. The van der Waals surface area contributed by atoms with Gasteiger partial charge in [-0.2, -0.15) is 0 Å². The monoisotopic (exact) mass is 310 g/mol. The quantitative estimate of drug-likeness (QED) is 0.876. The Morgan fingerprint density at radius 3 is 2.77 bits per heavy atom. The van der Waals surface area contributed by atoms with Crippen molar-refractivity contribution in [1.29, 1.82) is 0 Å². The number of piperidine rings is 1. The molecular formula is C14H22N4O4. The Labute approximate surface area is 129 Å². The highest BCUT2D eigenvalue weighted by Crippen LogP contribution is 2.11. The van der Waals surface area contributed by atoms with Gasteiger partial charge in [-0.25, -0.2) is 9.59 Å². The number of nitrogens with zero attached hydrogens (tertiary/aromatic N) is 2. The molecule has 1 saturated heterocycles. The largest absolute Gasteiger partial charge is 0.450 e. The van der Waals surface area contributed by atoms with E-state index in [-0.39, 0.29) is 18.2 Å². The van der Waals surface area contributed by atoms with Crippen LogP contribution in [0.4, 0.5) is 9.59 Å². The SMILES string of the molecule is CCOC(=O)N1CCC(NC(=O)NCc2cc(C)on2)CC1. The van der Waals surface area contributed by atoms with Crippen LogP contribution in [0.3, 0.4) is 0 Å². The van der Waals surface area contributed by atoms with E-state index in [0.29, 0.717) is 37.7 Å². The van der Waals surface area contributed by atoms with Gasteiger partial charge in [-0.1, -0.05) is 5.16 Å². The lowest BCUT2D eigenvalue weighted by Gasteiger charge is -2.31. The van der Waals surface area contributed by atoms with Crippen LogP contribution in [0.15, 0.2) is 10.6 Å². The fourth-order valence-electron chi connectivity index (χ4n) is 2.33. The van der Waals surface area contributed by atoms with E-state index in [4.69, 9.17) is 9.26 Å². The molecule has 1 aromatic rings. The lowest BCUT2D eigenvalue weighted by atomic mass is 10.1. The summed E-state index contributed by atoms with van der Waals surface area (Å²) in [6.45, 7) is 5.46. The summed E-state index contributed by atoms with van der Waals surface area (Å²) in [6, 6.07) is 1.60. The van der Waals surface area contributed by atoms with Crippen LogP contribution < -0.4 is 10.6 Å². The number of rotatable bonds is 4. The summed E-state index contributed by atoms with van der Waals surface area (Å²) in [5, 5.41) is 9.44. The molecule has 1 aromatic heterocycles. The van der Waals surface area contributed by atoms with Crippen molar-refractivity contribution in [3.63, 3.8) is 0 Å². The predicted molar refractivity (Wildman–Crippen MR) is 78.2 cm³/mol. The van der Waals surface area contributed by atoms with Crippen molar-refractivity contribution < 1.29 is 18.8 Å². The van der Waals surface area contributed by atoms with Crippen molar-refractivity contribution in [3.8, 4) is 0 Å². The van der Waals surface area contributed by atoms with Gasteiger partial charge in [0.15, 0.2) is 0 Å². The second-order valence-electron chi connectivity index (χ2n) is 5.22. The van der Waals surface area contributed by atoms with Gasteiger partial charge in [0.2, 0.25) is 0 Å². The van der Waals surface area contributed by atoms with Crippen LogP contribution in [-0.2, 0) is 11.3 Å². The lowest BCUT2D eigenvalue weighted by molar-refractivity contribution is 0.0957. The highest BCUT2D eigenvalue weighted by atomic mass is 16.6. The predicted octanol–water partition coefficient (Wildman–Crippen LogP) is 1.40. The summed E-state index contributed by atoms with van der Waals surface area (Å²) in [5.74, 6) is 0.712. The number of ether oxygens (including phenoxy) is 1. The van der Waals surface area contributed by atoms with Crippen LogP contribution in [-0.4, -0.2) is 47.9 Å². The van der Waals surface area contributed by atoms with Crippen molar-refractivity contribution in [2.75, 3.05) is 19.7 Å². The lowest BCUT2D eigenvalue weighted by Crippen LogP contribution is -2.49. The average Bonchev–Trinajstić information content (AvgIpc) is 2.92. The van der Waals surface area contributed by atoms with Crippen molar-refractivity contribution in [2.45, 2.75) is 39.3 Å². The molecule has 0 radical (unpaired) electrons. The number of aryl methyl sites for hydroxylation is 1.